The van der Waals surface area contributed by atoms with Crippen LogP contribution in [0.5, 0.6) is 5.75 Å². The minimum Gasteiger partial charge on any atom is -0.495 e. The molecule has 0 unspecified atom stereocenters. The summed E-state index contributed by atoms with van der Waals surface area (Å²) < 4.78 is 30.9. The van der Waals surface area contributed by atoms with E-state index in [-0.39, 0.29) is 17.1 Å². The van der Waals surface area contributed by atoms with Gasteiger partial charge in [-0.3, -0.25) is 19.2 Å². The number of para-hydroxylation sites is 1. The number of non-ortho nitro benzene ring substituents is 1. The van der Waals surface area contributed by atoms with Crippen molar-refractivity contribution in [2.75, 3.05) is 29.5 Å². The molecule has 0 saturated heterocycles. The Morgan fingerprint density at radius 1 is 1.09 bits per heavy atom. The summed E-state index contributed by atoms with van der Waals surface area (Å²) in [5, 5.41) is 13.9. The van der Waals surface area contributed by atoms with Crippen LogP contribution in [-0.2, 0) is 14.8 Å². The molecule has 0 saturated carbocycles. The molecule has 0 bridgehead atoms. The highest BCUT2D eigenvalue weighted by Gasteiger charge is 2.26. The normalized spacial score (nSPS) is 11.0. The van der Waals surface area contributed by atoms with Gasteiger partial charge in [0, 0.05) is 21.9 Å². The summed E-state index contributed by atoms with van der Waals surface area (Å²) in [5.74, 6) is -0.533. The Bertz CT molecular complexity index is 1270. The van der Waals surface area contributed by atoms with Gasteiger partial charge in [0.05, 0.1) is 24.0 Å². The van der Waals surface area contributed by atoms with Crippen molar-refractivity contribution in [3.63, 3.8) is 0 Å². The van der Waals surface area contributed by atoms with Crippen LogP contribution in [0.1, 0.15) is 0 Å². The van der Waals surface area contributed by atoms with Gasteiger partial charge in [-0.15, -0.1) is 0 Å². The lowest BCUT2D eigenvalue weighted by atomic mass is 10.2. The van der Waals surface area contributed by atoms with Crippen LogP contribution in [-0.4, -0.2) is 39.2 Å². The minimum absolute atomic E-state index is 0.0823. The average molecular weight is 488 g/mol. The third-order valence-corrected chi connectivity index (χ3v) is 6.67. The van der Waals surface area contributed by atoms with E-state index in [2.05, 4.69) is 5.32 Å². The molecular formula is C22H21N3O6S2. The first-order chi connectivity index (χ1) is 15.7. The minimum atomic E-state index is -3.97. The van der Waals surface area contributed by atoms with Gasteiger partial charge in [0.2, 0.25) is 15.9 Å². The van der Waals surface area contributed by atoms with Gasteiger partial charge >= 0.3 is 0 Å². The summed E-state index contributed by atoms with van der Waals surface area (Å²) in [6, 6.07) is 20.3. The second-order valence-electron chi connectivity index (χ2n) is 6.84. The van der Waals surface area contributed by atoms with Crippen molar-refractivity contribution in [2.45, 2.75) is 9.79 Å². The molecule has 9 nitrogen and oxygen atoms in total. The molecule has 1 amide bonds. The number of carbonyl (C=O) groups is 1. The molecule has 0 aliphatic rings. The monoisotopic (exact) mass is 487 g/mol. The molecule has 3 aromatic carbocycles. The maximum atomic E-state index is 12.9. The largest absolute Gasteiger partial charge is 0.495 e. The molecule has 0 aliphatic heterocycles. The number of hydrogen-bond acceptors (Lipinski definition) is 7. The number of nitrogens with zero attached hydrogens (tertiary/aromatic N) is 2. The molecule has 3 rings (SSSR count). The molecular weight excluding hydrogens is 466 g/mol. The van der Waals surface area contributed by atoms with Gasteiger partial charge < -0.3 is 10.1 Å². The van der Waals surface area contributed by atoms with E-state index in [1.54, 1.807) is 12.1 Å². The molecule has 0 heterocycles. The SMILES string of the molecule is COc1ccc([N+](=O)[O-])cc1N(CC(=O)Nc1ccccc1Sc1ccccc1)S(C)(=O)=O. The zero-order valence-corrected chi connectivity index (χ0v) is 19.4. The van der Waals surface area contributed by atoms with Crippen LogP contribution in [0.4, 0.5) is 17.1 Å². The third kappa shape index (κ3) is 6.24. The van der Waals surface area contributed by atoms with E-state index in [0.717, 1.165) is 26.4 Å². The number of hydrogen-bond donors (Lipinski definition) is 1. The van der Waals surface area contributed by atoms with E-state index in [1.807, 2.05) is 42.5 Å². The number of anilines is 2. The van der Waals surface area contributed by atoms with E-state index in [1.165, 1.54) is 31.0 Å². The summed E-state index contributed by atoms with van der Waals surface area (Å²) in [6.07, 6.45) is 0.914. The second kappa shape index (κ2) is 10.4. The number of amides is 1. The van der Waals surface area contributed by atoms with Gasteiger partial charge in [-0.05, 0) is 30.3 Å². The van der Waals surface area contributed by atoms with Gasteiger partial charge in [0.25, 0.3) is 5.69 Å². The molecule has 0 fully saturated rings. The summed E-state index contributed by atoms with van der Waals surface area (Å²) in [5.41, 5.74) is 0.0802. The van der Waals surface area contributed by atoms with Gasteiger partial charge in [0.15, 0.2) is 0 Å². The average Bonchev–Trinajstić information content (AvgIpc) is 2.78. The number of benzene rings is 3. The van der Waals surface area contributed by atoms with Crippen LogP contribution >= 0.6 is 11.8 Å². The predicted octanol–water partition coefficient (Wildman–Crippen LogP) is 4.16. The molecule has 0 spiro atoms. The first-order valence-electron chi connectivity index (χ1n) is 9.61. The molecule has 0 atom stereocenters. The van der Waals surface area contributed by atoms with Crippen LogP contribution in [0.25, 0.3) is 0 Å². The number of nitrogens with one attached hydrogen (secondary N) is 1. The number of nitro groups is 1. The van der Waals surface area contributed by atoms with Crippen LogP contribution in [0.3, 0.4) is 0 Å². The number of nitro benzene ring substituents is 1. The fourth-order valence-electron chi connectivity index (χ4n) is 2.96. The Morgan fingerprint density at radius 3 is 2.39 bits per heavy atom. The van der Waals surface area contributed by atoms with Crippen molar-refractivity contribution in [3.05, 3.63) is 82.9 Å². The van der Waals surface area contributed by atoms with Crippen LogP contribution < -0.4 is 14.4 Å². The number of carbonyl (C=O) groups excluding carboxylic acids is 1. The zero-order valence-electron chi connectivity index (χ0n) is 17.8. The molecule has 3 aromatic rings. The highest BCUT2D eigenvalue weighted by molar-refractivity contribution is 7.99. The van der Waals surface area contributed by atoms with Crippen molar-refractivity contribution in [1.82, 2.24) is 0 Å². The van der Waals surface area contributed by atoms with Crippen molar-refractivity contribution in [2.24, 2.45) is 0 Å². The number of ether oxygens (including phenoxy) is 1. The summed E-state index contributed by atoms with van der Waals surface area (Å²) >= 11 is 1.45. The zero-order chi connectivity index (χ0) is 24.0. The Morgan fingerprint density at radius 2 is 1.76 bits per heavy atom. The molecule has 0 aromatic heterocycles. The van der Waals surface area contributed by atoms with Gasteiger partial charge in [-0.1, -0.05) is 42.1 Å². The van der Waals surface area contributed by atoms with E-state index in [0.29, 0.717) is 5.69 Å². The van der Waals surface area contributed by atoms with Crippen molar-refractivity contribution >= 4 is 44.8 Å². The second-order valence-corrected chi connectivity index (χ2v) is 9.86. The molecule has 33 heavy (non-hydrogen) atoms. The fraction of sp³-hybridized carbons (Fsp3) is 0.136. The van der Waals surface area contributed by atoms with Crippen LogP contribution in [0.2, 0.25) is 0 Å². The first-order valence-corrected chi connectivity index (χ1v) is 12.3. The fourth-order valence-corrected chi connectivity index (χ4v) is 4.74. The maximum Gasteiger partial charge on any atom is 0.271 e. The van der Waals surface area contributed by atoms with Crippen molar-refractivity contribution in [1.29, 1.82) is 0 Å². The summed E-state index contributed by atoms with van der Waals surface area (Å²) in [6.45, 7) is -0.597. The summed E-state index contributed by atoms with van der Waals surface area (Å²) in [7, 11) is -2.67. The molecule has 0 radical (unpaired) electrons. The van der Waals surface area contributed by atoms with E-state index in [9.17, 15) is 23.3 Å². The predicted molar refractivity (Wildman–Crippen MR) is 127 cm³/mol. The van der Waals surface area contributed by atoms with Gasteiger partial charge in [0.1, 0.15) is 18.0 Å². The number of sulfonamides is 1. The lowest BCUT2D eigenvalue weighted by Gasteiger charge is -2.23. The van der Waals surface area contributed by atoms with Gasteiger partial charge in [-0.2, -0.15) is 0 Å². The van der Waals surface area contributed by atoms with Crippen LogP contribution in [0.15, 0.2) is 82.6 Å². The highest BCUT2D eigenvalue weighted by Crippen LogP contribution is 2.35. The smallest absolute Gasteiger partial charge is 0.271 e. The Kier molecular flexibility index (Phi) is 7.56. The highest BCUT2D eigenvalue weighted by atomic mass is 32.2. The standard InChI is InChI=1S/C22H21N3O6S2/c1-31-20-13-12-16(25(27)28)14-19(20)24(33(2,29)30)15-22(26)23-18-10-6-7-11-21(18)32-17-8-4-3-5-9-17/h3-14H,15H2,1-2H3,(H,23,26). The van der Waals surface area contributed by atoms with E-state index < -0.39 is 27.4 Å². The number of methoxy groups -OCH3 is 1. The van der Waals surface area contributed by atoms with E-state index in [4.69, 9.17) is 4.74 Å². The molecule has 0 aliphatic carbocycles. The Balaban J connectivity index is 1.88. The Labute approximate surface area is 195 Å². The lowest BCUT2D eigenvalue weighted by molar-refractivity contribution is -0.384. The Hall–Kier alpha value is -3.57. The van der Waals surface area contributed by atoms with Crippen LogP contribution in [0, 0.1) is 10.1 Å². The molecule has 1 N–H and O–H groups in total. The quantitative estimate of drug-likeness (QED) is 0.356. The van der Waals surface area contributed by atoms with E-state index >= 15 is 0 Å². The number of rotatable bonds is 9. The molecule has 11 heteroatoms. The van der Waals surface area contributed by atoms with Gasteiger partial charge in [-0.25, -0.2) is 8.42 Å². The summed E-state index contributed by atoms with van der Waals surface area (Å²) in [4.78, 5) is 25.1. The maximum absolute atomic E-state index is 12.9. The third-order valence-electron chi connectivity index (χ3n) is 4.46. The van der Waals surface area contributed by atoms with Crippen molar-refractivity contribution < 1.29 is 22.9 Å². The van der Waals surface area contributed by atoms with Crippen molar-refractivity contribution in [3.8, 4) is 5.75 Å². The topological polar surface area (TPSA) is 119 Å². The first kappa shape index (κ1) is 24.1. The lowest BCUT2D eigenvalue weighted by Crippen LogP contribution is -2.37. The molecule has 172 valence electrons.